The van der Waals surface area contributed by atoms with Crippen LogP contribution in [0.3, 0.4) is 0 Å². The smallest absolute Gasteiger partial charge is 0.354 e. The van der Waals surface area contributed by atoms with Crippen LogP contribution in [0.1, 0.15) is 34.9 Å². The summed E-state index contributed by atoms with van der Waals surface area (Å²) in [6.07, 6.45) is 3.45. The molecule has 2 heterocycles. The summed E-state index contributed by atoms with van der Waals surface area (Å²) in [6.45, 7) is 3.30. The summed E-state index contributed by atoms with van der Waals surface area (Å²) in [6, 6.07) is 8.44. The second-order valence-corrected chi connectivity index (χ2v) is 7.13. The molecule has 9 nitrogen and oxygen atoms in total. The maximum absolute atomic E-state index is 12.4. The molecule has 0 spiro atoms. The number of benzene rings is 1. The van der Waals surface area contributed by atoms with Crippen molar-refractivity contribution in [3.8, 4) is 0 Å². The first kappa shape index (κ1) is 20.5. The zero-order chi connectivity index (χ0) is 21.0. The summed E-state index contributed by atoms with van der Waals surface area (Å²) >= 11 is 0. The molecule has 0 unspecified atom stereocenters. The van der Waals surface area contributed by atoms with Gasteiger partial charge >= 0.3 is 5.97 Å². The van der Waals surface area contributed by atoms with Gasteiger partial charge in [0, 0.05) is 31.4 Å². The molecule has 1 aromatic heterocycles. The summed E-state index contributed by atoms with van der Waals surface area (Å²) in [7, 11) is 1.36. The van der Waals surface area contributed by atoms with E-state index in [0.29, 0.717) is 18.8 Å². The number of carbonyl (C=O) groups is 2. The standard InChI is InChI=1S/C20H24N4O5/c1-14-5-6-16(18(12-14)24(27)28)21-19(25)13-22-10-7-15(8-11-22)23-9-3-4-17(23)20(26)29-2/h3-6,9,12,15H,7-8,10-11,13H2,1-2H3,(H,21,25). The van der Waals surface area contributed by atoms with Crippen molar-refractivity contribution < 1.29 is 19.2 Å². The molecule has 2 aromatic rings. The lowest BCUT2D eigenvalue weighted by atomic mass is 10.0. The molecule has 1 N–H and O–H groups in total. The van der Waals surface area contributed by atoms with Crippen molar-refractivity contribution in [2.45, 2.75) is 25.8 Å². The highest BCUT2D eigenvalue weighted by Crippen LogP contribution is 2.27. The monoisotopic (exact) mass is 400 g/mol. The lowest BCUT2D eigenvalue weighted by molar-refractivity contribution is -0.384. The van der Waals surface area contributed by atoms with Gasteiger partial charge in [-0.05, 0) is 43.5 Å². The number of methoxy groups -OCH3 is 1. The van der Waals surface area contributed by atoms with Gasteiger partial charge in [0.15, 0.2) is 0 Å². The van der Waals surface area contributed by atoms with Gasteiger partial charge in [0.05, 0.1) is 18.6 Å². The highest BCUT2D eigenvalue weighted by atomic mass is 16.6. The molecule has 154 valence electrons. The van der Waals surface area contributed by atoms with Gasteiger partial charge in [0.2, 0.25) is 5.91 Å². The van der Waals surface area contributed by atoms with Crippen LogP contribution in [0.2, 0.25) is 0 Å². The summed E-state index contributed by atoms with van der Waals surface area (Å²) < 4.78 is 6.75. The third-order valence-corrected chi connectivity index (χ3v) is 5.12. The highest BCUT2D eigenvalue weighted by molar-refractivity contribution is 5.94. The molecule has 0 radical (unpaired) electrons. The molecule has 9 heteroatoms. The Morgan fingerprint density at radius 1 is 1.28 bits per heavy atom. The summed E-state index contributed by atoms with van der Waals surface area (Å²) in [5.74, 6) is -0.650. The van der Waals surface area contributed by atoms with E-state index in [-0.39, 0.29) is 35.8 Å². The largest absolute Gasteiger partial charge is 0.464 e. The van der Waals surface area contributed by atoms with Crippen molar-refractivity contribution in [1.82, 2.24) is 9.47 Å². The molecule has 1 amide bonds. The molecule has 0 bridgehead atoms. The van der Waals surface area contributed by atoms with Gasteiger partial charge in [-0.2, -0.15) is 0 Å². The Morgan fingerprint density at radius 2 is 2.00 bits per heavy atom. The van der Waals surface area contributed by atoms with Gasteiger partial charge in [-0.25, -0.2) is 4.79 Å². The zero-order valence-electron chi connectivity index (χ0n) is 16.5. The first-order valence-corrected chi connectivity index (χ1v) is 9.41. The first-order chi connectivity index (χ1) is 13.9. The van der Waals surface area contributed by atoms with Crippen LogP contribution in [0.4, 0.5) is 11.4 Å². The SMILES string of the molecule is COC(=O)c1cccn1C1CCN(CC(=O)Nc2ccc(C)cc2[N+](=O)[O-])CC1. The number of piperidine rings is 1. The van der Waals surface area contributed by atoms with Gasteiger partial charge in [-0.1, -0.05) is 6.07 Å². The minimum absolute atomic E-state index is 0.111. The Hall–Kier alpha value is -3.20. The number of aromatic nitrogens is 1. The van der Waals surface area contributed by atoms with Crippen molar-refractivity contribution in [3.63, 3.8) is 0 Å². The van der Waals surface area contributed by atoms with E-state index in [9.17, 15) is 19.7 Å². The van der Waals surface area contributed by atoms with Crippen molar-refractivity contribution in [1.29, 1.82) is 0 Å². The molecular formula is C20H24N4O5. The van der Waals surface area contributed by atoms with Gasteiger partial charge in [-0.3, -0.25) is 19.8 Å². The van der Waals surface area contributed by atoms with E-state index in [1.54, 1.807) is 25.1 Å². The van der Waals surface area contributed by atoms with Gasteiger partial charge in [-0.15, -0.1) is 0 Å². The fourth-order valence-electron chi connectivity index (χ4n) is 3.64. The third kappa shape index (κ3) is 4.80. The lowest BCUT2D eigenvalue weighted by Crippen LogP contribution is -2.40. The Balaban J connectivity index is 1.56. The molecule has 1 aromatic carbocycles. The number of nitrogens with zero attached hydrogens (tertiary/aromatic N) is 3. The van der Waals surface area contributed by atoms with Crippen molar-refractivity contribution in [2.24, 2.45) is 0 Å². The molecule has 1 saturated heterocycles. The number of nitro groups is 1. The molecule has 3 rings (SSSR count). The van der Waals surface area contributed by atoms with E-state index in [0.717, 1.165) is 18.4 Å². The van der Waals surface area contributed by atoms with Crippen LogP contribution in [-0.2, 0) is 9.53 Å². The molecule has 0 saturated carbocycles. The zero-order valence-corrected chi connectivity index (χ0v) is 16.5. The molecular weight excluding hydrogens is 376 g/mol. The first-order valence-electron chi connectivity index (χ1n) is 9.41. The third-order valence-electron chi connectivity index (χ3n) is 5.12. The van der Waals surface area contributed by atoms with Crippen molar-refractivity contribution in [2.75, 3.05) is 32.1 Å². The second-order valence-electron chi connectivity index (χ2n) is 7.13. The van der Waals surface area contributed by atoms with E-state index in [1.165, 1.54) is 13.2 Å². The Morgan fingerprint density at radius 3 is 2.66 bits per heavy atom. The number of anilines is 1. The average Bonchev–Trinajstić information content (AvgIpc) is 3.19. The highest BCUT2D eigenvalue weighted by Gasteiger charge is 2.25. The van der Waals surface area contributed by atoms with E-state index < -0.39 is 4.92 Å². The second kappa shape index (κ2) is 8.87. The summed E-state index contributed by atoms with van der Waals surface area (Å²) in [4.78, 5) is 37.0. The summed E-state index contributed by atoms with van der Waals surface area (Å²) in [5.41, 5.74) is 1.37. The van der Waals surface area contributed by atoms with Crippen LogP contribution in [0, 0.1) is 17.0 Å². The Bertz CT molecular complexity index is 915. The number of esters is 1. The van der Waals surface area contributed by atoms with Crippen molar-refractivity contribution in [3.05, 3.63) is 57.9 Å². The average molecular weight is 400 g/mol. The lowest BCUT2D eigenvalue weighted by Gasteiger charge is -2.32. The van der Waals surface area contributed by atoms with E-state index in [1.807, 2.05) is 21.7 Å². The van der Waals surface area contributed by atoms with Crippen LogP contribution in [0.5, 0.6) is 0 Å². The van der Waals surface area contributed by atoms with Crippen LogP contribution in [0.15, 0.2) is 36.5 Å². The number of amides is 1. The molecule has 0 aliphatic carbocycles. The van der Waals surface area contributed by atoms with Gasteiger partial charge < -0.3 is 14.6 Å². The Labute approximate surface area is 168 Å². The quantitative estimate of drug-likeness (QED) is 0.454. The molecule has 1 fully saturated rings. The predicted molar refractivity (Wildman–Crippen MR) is 107 cm³/mol. The molecule has 0 atom stereocenters. The van der Waals surface area contributed by atoms with Gasteiger partial charge in [0.25, 0.3) is 5.69 Å². The molecule has 1 aliphatic rings. The topological polar surface area (TPSA) is 107 Å². The summed E-state index contributed by atoms with van der Waals surface area (Å²) in [5, 5.41) is 13.8. The fraction of sp³-hybridized carbons (Fsp3) is 0.400. The van der Waals surface area contributed by atoms with E-state index >= 15 is 0 Å². The number of hydrogen-bond donors (Lipinski definition) is 1. The van der Waals surface area contributed by atoms with Crippen LogP contribution in [0.25, 0.3) is 0 Å². The number of aryl methyl sites for hydroxylation is 1. The number of nitrogens with one attached hydrogen (secondary N) is 1. The van der Waals surface area contributed by atoms with Crippen LogP contribution in [-0.4, -0.2) is 53.0 Å². The molecule has 1 aliphatic heterocycles. The number of likely N-dealkylation sites (tertiary alicyclic amines) is 1. The maximum Gasteiger partial charge on any atom is 0.354 e. The van der Waals surface area contributed by atoms with Crippen LogP contribution >= 0.6 is 0 Å². The van der Waals surface area contributed by atoms with Gasteiger partial charge in [0.1, 0.15) is 11.4 Å². The van der Waals surface area contributed by atoms with E-state index in [2.05, 4.69) is 5.32 Å². The van der Waals surface area contributed by atoms with E-state index in [4.69, 9.17) is 4.74 Å². The minimum atomic E-state index is -0.496. The molecule has 29 heavy (non-hydrogen) atoms. The van der Waals surface area contributed by atoms with Crippen LogP contribution < -0.4 is 5.32 Å². The minimum Gasteiger partial charge on any atom is -0.464 e. The number of nitro benzene ring substituents is 1. The van der Waals surface area contributed by atoms with Crippen molar-refractivity contribution >= 4 is 23.3 Å². The predicted octanol–water partition coefficient (Wildman–Crippen LogP) is 2.77. The number of ether oxygens (including phenoxy) is 1. The number of hydrogen-bond acceptors (Lipinski definition) is 6. The number of carbonyl (C=O) groups excluding carboxylic acids is 2. The Kier molecular flexibility index (Phi) is 6.28. The maximum atomic E-state index is 12.4. The number of rotatable bonds is 6. The normalized spacial score (nSPS) is 15.1. The fourth-order valence-corrected chi connectivity index (χ4v) is 3.64.